The Kier molecular flexibility index (Phi) is 6.73. The van der Waals surface area contributed by atoms with Gasteiger partial charge in [-0.05, 0) is 38.1 Å². The summed E-state index contributed by atoms with van der Waals surface area (Å²) < 4.78 is 7.15. The van der Waals surface area contributed by atoms with Crippen LogP contribution in [0.25, 0.3) is 16.6 Å². The minimum atomic E-state index is -0.680. The van der Waals surface area contributed by atoms with Crippen molar-refractivity contribution in [2.45, 2.75) is 24.3 Å². The van der Waals surface area contributed by atoms with Crippen LogP contribution in [0, 0.1) is 0 Å². The molecular formula is C21H22N4O4S. The van der Waals surface area contributed by atoms with Crippen molar-refractivity contribution in [1.82, 2.24) is 20.2 Å². The molecule has 9 heteroatoms. The van der Waals surface area contributed by atoms with Gasteiger partial charge in [0.15, 0.2) is 5.16 Å². The quantitative estimate of drug-likeness (QED) is 0.464. The number of hydrogen-bond donors (Lipinski definition) is 2. The molecule has 30 heavy (non-hydrogen) atoms. The number of nitrogens with one attached hydrogen (secondary N) is 2. The van der Waals surface area contributed by atoms with Crippen LogP contribution in [0.1, 0.15) is 13.8 Å². The second-order valence-electron chi connectivity index (χ2n) is 6.28. The van der Waals surface area contributed by atoms with Crippen LogP contribution in [0.5, 0.6) is 5.75 Å². The fraction of sp³-hybridized carbons (Fsp3) is 0.238. The maximum Gasteiger partial charge on any atom is 0.321 e. The number of benzene rings is 2. The lowest BCUT2D eigenvalue weighted by Gasteiger charge is -2.18. The highest BCUT2D eigenvalue weighted by molar-refractivity contribution is 8.00. The van der Waals surface area contributed by atoms with Gasteiger partial charge < -0.3 is 10.1 Å². The Morgan fingerprint density at radius 2 is 1.87 bits per heavy atom. The number of fused-ring (bicyclic) bond motifs is 1. The third-order valence-electron chi connectivity index (χ3n) is 4.27. The highest BCUT2D eigenvalue weighted by atomic mass is 32.2. The Balaban J connectivity index is 2.14. The van der Waals surface area contributed by atoms with Crippen molar-refractivity contribution >= 4 is 34.6 Å². The van der Waals surface area contributed by atoms with Crippen molar-refractivity contribution in [3.8, 4) is 11.4 Å². The lowest BCUT2D eigenvalue weighted by atomic mass is 10.2. The zero-order valence-corrected chi connectivity index (χ0v) is 17.7. The van der Waals surface area contributed by atoms with Crippen LogP contribution in [-0.4, -0.2) is 40.4 Å². The molecule has 156 valence electrons. The second-order valence-corrected chi connectivity index (χ2v) is 7.59. The number of para-hydroxylation sites is 3. The second kappa shape index (κ2) is 9.45. The minimum absolute atomic E-state index is 0.269. The molecule has 0 bridgehead atoms. The van der Waals surface area contributed by atoms with E-state index in [4.69, 9.17) is 4.74 Å². The summed E-state index contributed by atoms with van der Waals surface area (Å²) in [5.41, 5.74) is 0.784. The zero-order valence-electron chi connectivity index (χ0n) is 16.8. The molecule has 1 heterocycles. The van der Waals surface area contributed by atoms with Crippen LogP contribution in [-0.2, 0) is 4.79 Å². The third-order valence-corrected chi connectivity index (χ3v) is 5.32. The molecule has 0 aliphatic rings. The predicted octanol–water partition coefficient (Wildman–Crippen LogP) is 2.72. The molecule has 3 amide bonds. The maximum absolute atomic E-state index is 13.4. The molecule has 0 saturated carbocycles. The van der Waals surface area contributed by atoms with Crippen molar-refractivity contribution in [1.29, 1.82) is 0 Å². The molecule has 3 aromatic rings. The molecule has 0 fully saturated rings. The van der Waals surface area contributed by atoms with Gasteiger partial charge in [-0.25, -0.2) is 9.78 Å². The summed E-state index contributed by atoms with van der Waals surface area (Å²) in [4.78, 5) is 41.8. The topological polar surface area (TPSA) is 102 Å². The lowest BCUT2D eigenvalue weighted by molar-refractivity contribution is -0.119. The number of rotatable bonds is 6. The molecule has 8 nitrogen and oxygen atoms in total. The smallest absolute Gasteiger partial charge is 0.321 e. The first-order chi connectivity index (χ1) is 14.5. The van der Waals surface area contributed by atoms with E-state index in [1.165, 1.54) is 11.6 Å². The van der Waals surface area contributed by atoms with Gasteiger partial charge in [0.2, 0.25) is 5.91 Å². The van der Waals surface area contributed by atoms with Crippen molar-refractivity contribution in [2.24, 2.45) is 0 Å². The van der Waals surface area contributed by atoms with E-state index >= 15 is 0 Å². The number of carbonyl (C=O) groups excluding carboxylic acids is 2. The highest BCUT2D eigenvalue weighted by Crippen LogP contribution is 2.29. The number of urea groups is 1. The SMILES string of the molecule is CCOc1ccccc1-n1c(S[C@@H](C)C(=O)NC(=O)NC)nc2ccccc2c1=O. The molecule has 1 atom stereocenters. The summed E-state index contributed by atoms with van der Waals surface area (Å²) in [6.45, 7) is 3.93. The molecule has 2 N–H and O–H groups in total. The molecule has 2 aromatic carbocycles. The Morgan fingerprint density at radius 1 is 1.17 bits per heavy atom. The van der Waals surface area contributed by atoms with Gasteiger partial charge in [0.25, 0.3) is 5.56 Å². The average molecular weight is 426 g/mol. The maximum atomic E-state index is 13.4. The normalized spacial score (nSPS) is 11.7. The van der Waals surface area contributed by atoms with Gasteiger partial charge in [-0.1, -0.05) is 36.0 Å². The molecule has 0 aliphatic heterocycles. The number of imide groups is 1. The first-order valence-corrected chi connectivity index (χ1v) is 10.3. The Morgan fingerprint density at radius 3 is 2.60 bits per heavy atom. The van der Waals surface area contributed by atoms with Gasteiger partial charge in [0.05, 0.1) is 28.4 Å². The molecule has 0 spiro atoms. The fourth-order valence-electron chi connectivity index (χ4n) is 2.81. The predicted molar refractivity (Wildman–Crippen MR) is 116 cm³/mol. The molecular weight excluding hydrogens is 404 g/mol. The number of hydrogen-bond acceptors (Lipinski definition) is 6. The van der Waals surface area contributed by atoms with E-state index in [-0.39, 0.29) is 5.56 Å². The van der Waals surface area contributed by atoms with E-state index in [1.807, 2.05) is 13.0 Å². The Labute approximate surface area is 177 Å². The standard InChI is InChI=1S/C21H22N4O4S/c1-4-29-17-12-8-7-11-16(17)25-19(27)14-9-5-6-10-15(14)23-21(25)30-13(2)18(26)24-20(28)22-3/h5-13H,4H2,1-3H3,(H2,22,24,26,28)/t13-/m0/s1. The Hall–Kier alpha value is -3.33. The van der Waals surface area contributed by atoms with Crippen molar-refractivity contribution in [3.05, 3.63) is 58.9 Å². The Bertz CT molecular complexity index is 1150. The van der Waals surface area contributed by atoms with Crippen molar-refractivity contribution in [2.75, 3.05) is 13.7 Å². The van der Waals surface area contributed by atoms with Crippen LogP contribution in [0.4, 0.5) is 4.79 Å². The molecule has 0 unspecified atom stereocenters. The van der Waals surface area contributed by atoms with E-state index in [9.17, 15) is 14.4 Å². The minimum Gasteiger partial charge on any atom is -0.492 e. The summed E-state index contributed by atoms with van der Waals surface area (Å²) in [5, 5.41) is 4.68. The molecule has 0 radical (unpaired) electrons. The summed E-state index contributed by atoms with van der Waals surface area (Å²) in [6.07, 6.45) is 0. The number of amides is 3. The summed E-state index contributed by atoms with van der Waals surface area (Å²) in [6, 6.07) is 13.6. The van der Waals surface area contributed by atoms with Crippen LogP contribution < -0.4 is 20.9 Å². The van der Waals surface area contributed by atoms with Crippen LogP contribution in [0.3, 0.4) is 0 Å². The van der Waals surface area contributed by atoms with Crippen LogP contribution in [0.2, 0.25) is 0 Å². The zero-order chi connectivity index (χ0) is 21.7. The fourth-order valence-corrected chi connectivity index (χ4v) is 3.73. The first-order valence-electron chi connectivity index (χ1n) is 9.39. The number of aromatic nitrogens is 2. The van der Waals surface area contributed by atoms with E-state index < -0.39 is 17.2 Å². The first kappa shape index (κ1) is 21.4. The van der Waals surface area contributed by atoms with E-state index in [0.717, 1.165) is 11.8 Å². The van der Waals surface area contributed by atoms with Gasteiger partial charge in [-0.15, -0.1) is 0 Å². The number of ether oxygens (including phenoxy) is 1. The van der Waals surface area contributed by atoms with E-state index in [2.05, 4.69) is 15.6 Å². The largest absolute Gasteiger partial charge is 0.492 e. The summed E-state index contributed by atoms with van der Waals surface area (Å²) in [5.74, 6) is 0.0369. The monoisotopic (exact) mass is 426 g/mol. The summed E-state index contributed by atoms with van der Waals surface area (Å²) >= 11 is 1.09. The van der Waals surface area contributed by atoms with Gasteiger partial charge in [0, 0.05) is 7.05 Å². The number of thioether (sulfide) groups is 1. The molecule has 0 aliphatic carbocycles. The van der Waals surface area contributed by atoms with E-state index in [0.29, 0.717) is 34.1 Å². The number of carbonyl (C=O) groups is 2. The van der Waals surface area contributed by atoms with Crippen LogP contribution in [0.15, 0.2) is 58.5 Å². The molecule has 1 aromatic heterocycles. The highest BCUT2D eigenvalue weighted by Gasteiger charge is 2.22. The van der Waals surface area contributed by atoms with E-state index in [1.54, 1.807) is 49.4 Å². The number of nitrogens with zero attached hydrogens (tertiary/aromatic N) is 2. The molecule has 0 saturated heterocycles. The van der Waals surface area contributed by atoms with Gasteiger partial charge in [0.1, 0.15) is 5.75 Å². The van der Waals surface area contributed by atoms with Gasteiger partial charge >= 0.3 is 6.03 Å². The van der Waals surface area contributed by atoms with Crippen LogP contribution >= 0.6 is 11.8 Å². The lowest BCUT2D eigenvalue weighted by Crippen LogP contribution is -2.41. The van der Waals surface area contributed by atoms with Crippen molar-refractivity contribution in [3.63, 3.8) is 0 Å². The van der Waals surface area contributed by atoms with Crippen molar-refractivity contribution < 1.29 is 14.3 Å². The summed E-state index contributed by atoms with van der Waals surface area (Å²) in [7, 11) is 1.42. The van der Waals surface area contributed by atoms with Gasteiger partial charge in [-0.3, -0.25) is 19.5 Å². The third kappa shape index (κ3) is 4.46. The average Bonchev–Trinajstić information content (AvgIpc) is 2.75. The molecule has 3 rings (SSSR count). The van der Waals surface area contributed by atoms with Gasteiger partial charge in [-0.2, -0.15) is 0 Å².